The Kier molecular flexibility index (Phi) is 3.86. The second-order valence-electron chi connectivity index (χ2n) is 4.73. The van der Waals surface area contributed by atoms with E-state index in [1.807, 2.05) is 30.3 Å². The molecule has 0 unspecified atom stereocenters. The van der Waals surface area contributed by atoms with Gasteiger partial charge in [0.2, 0.25) is 0 Å². The van der Waals surface area contributed by atoms with Crippen molar-refractivity contribution in [1.29, 1.82) is 0 Å². The highest BCUT2D eigenvalue weighted by molar-refractivity contribution is 5.53. The molecule has 1 saturated heterocycles. The maximum Gasteiger partial charge on any atom is 0.181 e. The SMILES string of the molecule is c1ccc(-c2n[nH]c(COC3CCNCC3)n2)cc1. The van der Waals surface area contributed by atoms with E-state index in [0.717, 1.165) is 43.1 Å². The van der Waals surface area contributed by atoms with E-state index in [2.05, 4.69) is 20.5 Å². The van der Waals surface area contributed by atoms with Gasteiger partial charge in [0.25, 0.3) is 0 Å². The summed E-state index contributed by atoms with van der Waals surface area (Å²) in [5.74, 6) is 1.52. The summed E-state index contributed by atoms with van der Waals surface area (Å²) < 4.78 is 5.84. The molecule has 1 aliphatic heterocycles. The summed E-state index contributed by atoms with van der Waals surface area (Å²) in [6.07, 6.45) is 2.48. The Morgan fingerprint density at radius 2 is 1.95 bits per heavy atom. The van der Waals surface area contributed by atoms with E-state index >= 15 is 0 Å². The Balaban J connectivity index is 1.59. The van der Waals surface area contributed by atoms with Gasteiger partial charge in [-0.2, -0.15) is 5.10 Å². The van der Waals surface area contributed by atoms with Crippen molar-refractivity contribution in [3.63, 3.8) is 0 Å². The number of rotatable bonds is 4. The van der Waals surface area contributed by atoms with Crippen molar-refractivity contribution in [3.8, 4) is 11.4 Å². The minimum atomic E-state index is 0.339. The predicted octanol–water partition coefficient (Wildman–Crippen LogP) is 1.74. The summed E-state index contributed by atoms with van der Waals surface area (Å²) in [4.78, 5) is 4.46. The van der Waals surface area contributed by atoms with Gasteiger partial charge in [-0.15, -0.1) is 0 Å². The number of ether oxygens (including phenoxy) is 1. The smallest absolute Gasteiger partial charge is 0.181 e. The highest BCUT2D eigenvalue weighted by atomic mass is 16.5. The minimum absolute atomic E-state index is 0.339. The first kappa shape index (κ1) is 12.3. The van der Waals surface area contributed by atoms with Crippen molar-refractivity contribution >= 4 is 0 Å². The average Bonchev–Trinajstić information content (AvgIpc) is 2.96. The summed E-state index contributed by atoms with van der Waals surface area (Å²) in [5, 5.41) is 10.5. The molecular weight excluding hydrogens is 240 g/mol. The molecule has 100 valence electrons. The summed E-state index contributed by atoms with van der Waals surface area (Å²) in [5.41, 5.74) is 1.02. The first-order valence-corrected chi connectivity index (χ1v) is 6.71. The molecule has 0 spiro atoms. The lowest BCUT2D eigenvalue weighted by molar-refractivity contribution is 0.0179. The number of hydrogen-bond acceptors (Lipinski definition) is 4. The third-order valence-electron chi connectivity index (χ3n) is 3.31. The number of nitrogens with one attached hydrogen (secondary N) is 2. The number of piperidine rings is 1. The van der Waals surface area contributed by atoms with Gasteiger partial charge in [0, 0.05) is 5.56 Å². The average molecular weight is 258 g/mol. The molecule has 1 fully saturated rings. The molecule has 19 heavy (non-hydrogen) atoms. The van der Waals surface area contributed by atoms with E-state index in [1.165, 1.54) is 0 Å². The van der Waals surface area contributed by atoms with Crippen molar-refractivity contribution in [2.24, 2.45) is 0 Å². The van der Waals surface area contributed by atoms with Crippen LogP contribution in [0, 0.1) is 0 Å². The Hall–Kier alpha value is -1.72. The first-order valence-electron chi connectivity index (χ1n) is 6.71. The summed E-state index contributed by atoms with van der Waals surface area (Å²) in [6.45, 7) is 2.58. The maximum atomic E-state index is 5.84. The van der Waals surface area contributed by atoms with Crippen molar-refractivity contribution in [2.45, 2.75) is 25.6 Å². The second kappa shape index (κ2) is 5.95. The zero-order valence-electron chi connectivity index (χ0n) is 10.8. The van der Waals surface area contributed by atoms with Gasteiger partial charge in [0.15, 0.2) is 11.6 Å². The Labute approximate surface area is 112 Å². The third-order valence-corrected chi connectivity index (χ3v) is 3.31. The summed E-state index contributed by atoms with van der Waals surface area (Å²) in [6, 6.07) is 9.95. The molecule has 0 saturated carbocycles. The van der Waals surface area contributed by atoms with Gasteiger partial charge >= 0.3 is 0 Å². The van der Waals surface area contributed by atoms with Crippen molar-refractivity contribution in [1.82, 2.24) is 20.5 Å². The summed E-state index contributed by atoms with van der Waals surface area (Å²) >= 11 is 0. The van der Waals surface area contributed by atoms with Crippen LogP contribution in [-0.2, 0) is 11.3 Å². The topological polar surface area (TPSA) is 62.8 Å². The van der Waals surface area contributed by atoms with Crippen LogP contribution in [0.2, 0.25) is 0 Å². The Morgan fingerprint density at radius 1 is 1.16 bits per heavy atom. The van der Waals surface area contributed by atoms with Gasteiger partial charge in [0.05, 0.1) is 6.10 Å². The fourth-order valence-corrected chi connectivity index (χ4v) is 2.24. The molecule has 0 bridgehead atoms. The van der Waals surface area contributed by atoms with Crippen molar-refractivity contribution < 1.29 is 4.74 Å². The molecule has 5 nitrogen and oxygen atoms in total. The van der Waals surface area contributed by atoms with Gasteiger partial charge in [-0.25, -0.2) is 4.98 Å². The van der Waals surface area contributed by atoms with E-state index in [0.29, 0.717) is 12.7 Å². The molecule has 2 heterocycles. The van der Waals surface area contributed by atoms with E-state index in [-0.39, 0.29) is 0 Å². The van der Waals surface area contributed by atoms with Gasteiger partial charge in [0.1, 0.15) is 6.61 Å². The normalized spacial score (nSPS) is 16.6. The molecule has 1 aliphatic rings. The fraction of sp³-hybridized carbons (Fsp3) is 0.429. The van der Waals surface area contributed by atoms with E-state index in [4.69, 9.17) is 4.74 Å². The lowest BCUT2D eigenvalue weighted by Crippen LogP contribution is -2.32. The van der Waals surface area contributed by atoms with Crippen LogP contribution < -0.4 is 5.32 Å². The lowest BCUT2D eigenvalue weighted by Gasteiger charge is -2.22. The number of H-pyrrole nitrogens is 1. The second-order valence-corrected chi connectivity index (χ2v) is 4.73. The molecule has 0 radical (unpaired) electrons. The van der Waals surface area contributed by atoms with Gasteiger partial charge in [-0.05, 0) is 25.9 Å². The zero-order chi connectivity index (χ0) is 12.9. The number of nitrogens with zero attached hydrogens (tertiary/aromatic N) is 2. The van der Waals surface area contributed by atoms with Crippen molar-refractivity contribution in [2.75, 3.05) is 13.1 Å². The molecule has 1 aromatic heterocycles. The first-order chi connectivity index (χ1) is 9.42. The fourth-order valence-electron chi connectivity index (χ4n) is 2.24. The molecule has 0 atom stereocenters. The molecule has 0 aliphatic carbocycles. The standard InChI is InChI=1S/C14H18N4O/c1-2-4-11(5-3-1)14-16-13(17-18-14)10-19-12-6-8-15-9-7-12/h1-5,12,15H,6-10H2,(H,16,17,18). The molecular formula is C14H18N4O. The number of aromatic amines is 1. The molecule has 2 N–H and O–H groups in total. The van der Waals surface area contributed by atoms with Gasteiger partial charge in [-0.1, -0.05) is 30.3 Å². The number of benzene rings is 1. The maximum absolute atomic E-state index is 5.84. The van der Waals surface area contributed by atoms with E-state index < -0.39 is 0 Å². The Morgan fingerprint density at radius 3 is 2.74 bits per heavy atom. The van der Waals surface area contributed by atoms with Crippen LogP contribution in [0.25, 0.3) is 11.4 Å². The highest BCUT2D eigenvalue weighted by Crippen LogP contribution is 2.14. The van der Waals surface area contributed by atoms with Crippen LogP contribution in [0.3, 0.4) is 0 Å². The zero-order valence-corrected chi connectivity index (χ0v) is 10.8. The van der Waals surface area contributed by atoms with Crippen LogP contribution in [-0.4, -0.2) is 34.4 Å². The third kappa shape index (κ3) is 3.19. The molecule has 3 rings (SSSR count). The predicted molar refractivity (Wildman–Crippen MR) is 72.5 cm³/mol. The van der Waals surface area contributed by atoms with Gasteiger partial charge in [-0.3, -0.25) is 5.10 Å². The largest absolute Gasteiger partial charge is 0.370 e. The van der Waals surface area contributed by atoms with E-state index in [1.54, 1.807) is 0 Å². The highest BCUT2D eigenvalue weighted by Gasteiger charge is 2.14. The van der Waals surface area contributed by atoms with Crippen LogP contribution in [0.4, 0.5) is 0 Å². The molecule has 0 amide bonds. The van der Waals surface area contributed by atoms with Gasteiger partial charge < -0.3 is 10.1 Å². The molecule has 1 aromatic carbocycles. The van der Waals surface area contributed by atoms with Crippen molar-refractivity contribution in [3.05, 3.63) is 36.2 Å². The van der Waals surface area contributed by atoms with E-state index in [9.17, 15) is 0 Å². The monoisotopic (exact) mass is 258 g/mol. The Bertz CT molecular complexity index is 505. The molecule has 2 aromatic rings. The molecule has 5 heteroatoms. The quantitative estimate of drug-likeness (QED) is 0.877. The van der Waals surface area contributed by atoms with Crippen LogP contribution >= 0.6 is 0 Å². The van der Waals surface area contributed by atoms with Crippen LogP contribution in [0.5, 0.6) is 0 Å². The van der Waals surface area contributed by atoms with Crippen LogP contribution in [0.15, 0.2) is 30.3 Å². The lowest BCUT2D eigenvalue weighted by atomic mass is 10.1. The number of hydrogen-bond donors (Lipinski definition) is 2. The van der Waals surface area contributed by atoms with Crippen LogP contribution in [0.1, 0.15) is 18.7 Å². The number of aromatic nitrogens is 3. The minimum Gasteiger partial charge on any atom is -0.370 e. The summed E-state index contributed by atoms with van der Waals surface area (Å²) in [7, 11) is 0.